The van der Waals surface area contributed by atoms with Gasteiger partial charge in [0.2, 0.25) is 11.0 Å². The van der Waals surface area contributed by atoms with Crippen molar-refractivity contribution >= 4 is 22.8 Å². The largest absolute Gasteiger partial charge is 0.358 e. The average Bonchev–Trinajstić information content (AvgIpc) is 2.22. The highest BCUT2D eigenvalue weighted by molar-refractivity contribution is 8.13. The minimum absolute atomic E-state index is 0.00754. The van der Waals surface area contributed by atoms with Crippen LogP contribution in [0.5, 0.6) is 0 Å². The molecule has 14 heavy (non-hydrogen) atoms. The second-order valence-corrected chi connectivity index (χ2v) is 3.89. The van der Waals surface area contributed by atoms with Crippen molar-refractivity contribution in [3.8, 4) is 0 Å². The Hall–Kier alpha value is -0.590. The maximum atomic E-state index is 11.3. The first kappa shape index (κ1) is 13.4. The third-order valence-electron chi connectivity index (χ3n) is 1.77. The first-order valence-electron chi connectivity index (χ1n) is 4.34. The summed E-state index contributed by atoms with van der Waals surface area (Å²) >= 11 is 1.07. The summed E-state index contributed by atoms with van der Waals surface area (Å²) in [5, 5.41) is 5.24. The number of hydrogen-bond acceptors (Lipinski definition) is 5. The van der Waals surface area contributed by atoms with Gasteiger partial charge in [0.05, 0.1) is 12.1 Å². The summed E-state index contributed by atoms with van der Waals surface area (Å²) < 4.78 is 0. The molecule has 0 rings (SSSR count). The smallest absolute Gasteiger partial charge is 0.237 e. The fraction of sp³-hybridized carbons (Fsp3) is 0.750. The first-order chi connectivity index (χ1) is 6.52. The van der Waals surface area contributed by atoms with Gasteiger partial charge in [0.1, 0.15) is 0 Å². The van der Waals surface area contributed by atoms with E-state index in [1.165, 1.54) is 7.05 Å². The highest BCUT2D eigenvalue weighted by atomic mass is 32.2. The van der Waals surface area contributed by atoms with Crippen LogP contribution in [0.15, 0.2) is 0 Å². The van der Waals surface area contributed by atoms with Crippen molar-refractivity contribution in [3.05, 3.63) is 0 Å². The molecule has 0 aliphatic rings. The minimum Gasteiger partial charge on any atom is -0.358 e. The van der Waals surface area contributed by atoms with Crippen LogP contribution in [0.4, 0.5) is 0 Å². The predicted molar refractivity (Wildman–Crippen MR) is 58.0 cm³/mol. The van der Waals surface area contributed by atoms with Crippen molar-refractivity contribution < 1.29 is 9.59 Å². The second-order valence-electron chi connectivity index (χ2n) is 2.86. The Morgan fingerprint density at radius 2 is 2.00 bits per heavy atom. The summed E-state index contributed by atoms with van der Waals surface area (Å²) in [6.07, 6.45) is 0. The standard InChI is InChI=1S/C8H17N3O2S/c1-5(10-2)8(13)14-4-6(9)7(12)11-3/h5-6,10H,4,9H2,1-3H3,(H,11,12)/t5-,6+/m0/s1. The number of thioether (sulfide) groups is 1. The Labute approximate surface area is 88.2 Å². The molecule has 2 atom stereocenters. The second kappa shape index (κ2) is 6.80. The van der Waals surface area contributed by atoms with Gasteiger partial charge in [-0.05, 0) is 14.0 Å². The molecule has 0 aliphatic heterocycles. The van der Waals surface area contributed by atoms with Crippen molar-refractivity contribution in [2.45, 2.75) is 19.0 Å². The van der Waals surface area contributed by atoms with E-state index in [4.69, 9.17) is 5.73 Å². The lowest BCUT2D eigenvalue weighted by Crippen LogP contribution is -2.41. The van der Waals surface area contributed by atoms with Gasteiger partial charge in [-0.1, -0.05) is 11.8 Å². The SMILES string of the molecule is CNC(=O)[C@H](N)CSC(=O)[C@H](C)NC. The lowest BCUT2D eigenvalue weighted by molar-refractivity contribution is -0.121. The molecule has 0 aromatic carbocycles. The molecule has 82 valence electrons. The number of amides is 1. The van der Waals surface area contributed by atoms with Crippen LogP contribution in [0.25, 0.3) is 0 Å². The van der Waals surface area contributed by atoms with E-state index in [-0.39, 0.29) is 17.1 Å². The molecule has 0 saturated heterocycles. The number of likely N-dealkylation sites (N-methyl/N-ethyl adjacent to an activating group) is 2. The number of nitrogens with one attached hydrogen (secondary N) is 2. The molecule has 0 heterocycles. The Balaban J connectivity index is 3.82. The predicted octanol–water partition coefficient (Wildman–Crippen LogP) is -1.07. The maximum absolute atomic E-state index is 11.3. The highest BCUT2D eigenvalue weighted by Crippen LogP contribution is 2.06. The van der Waals surface area contributed by atoms with E-state index in [9.17, 15) is 9.59 Å². The van der Waals surface area contributed by atoms with E-state index in [0.717, 1.165) is 11.8 Å². The molecular formula is C8H17N3O2S. The van der Waals surface area contributed by atoms with Crippen molar-refractivity contribution in [1.82, 2.24) is 10.6 Å². The fourth-order valence-corrected chi connectivity index (χ4v) is 1.54. The molecule has 0 bridgehead atoms. The van der Waals surface area contributed by atoms with Crippen LogP contribution >= 0.6 is 11.8 Å². The molecule has 0 spiro atoms. The van der Waals surface area contributed by atoms with Crippen LogP contribution in [0.1, 0.15) is 6.92 Å². The number of nitrogens with two attached hydrogens (primary N) is 1. The molecule has 0 aliphatic carbocycles. The van der Waals surface area contributed by atoms with Gasteiger partial charge in [-0.15, -0.1) is 0 Å². The molecule has 0 aromatic rings. The van der Waals surface area contributed by atoms with E-state index in [2.05, 4.69) is 10.6 Å². The van der Waals surface area contributed by atoms with Crippen molar-refractivity contribution in [2.24, 2.45) is 5.73 Å². The zero-order valence-electron chi connectivity index (χ0n) is 8.66. The molecule has 0 fully saturated rings. The van der Waals surface area contributed by atoms with Gasteiger partial charge in [0.25, 0.3) is 0 Å². The molecule has 0 radical (unpaired) electrons. The van der Waals surface area contributed by atoms with Crippen LogP contribution in [-0.4, -0.2) is 43.0 Å². The van der Waals surface area contributed by atoms with Crippen LogP contribution in [0, 0.1) is 0 Å². The quantitative estimate of drug-likeness (QED) is 0.548. The Morgan fingerprint density at radius 1 is 1.43 bits per heavy atom. The van der Waals surface area contributed by atoms with E-state index >= 15 is 0 Å². The Morgan fingerprint density at radius 3 is 2.43 bits per heavy atom. The molecule has 5 nitrogen and oxygen atoms in total. The molecule has 4 N–H and O–H groups in total. The molecule has 1 amide bonds. The molecular weight excluding hydrogens is 202 g/mol. The lowest BCUT2D eigenvalue weighted by atomic mass is 10.3. The van der Waals surface area contributed by atoms with Crippen LogP contribution in [0.2, 0.25) is 0 Å². The summed E-state index contributed by atoms with van der Waals surface area (Å²) in [5.41, 5.74) is 5.51. The third kappa shape index (κ3) is 4.59. The molecule has 0 aromatic heterocycles. The highest BCUT2D eigenvalue weighted by Gasteiger charge is 2.16. The summed E-state index contributed by atoms with van der Waals surface area (Å²) in [5.74, 6) is 0.0623. The average molecular weight is 219 g/mol. The van der Waals surface area contributed by atoms with Crippen LogP contribution in [-0.2, 0) is 9.59 Å². The van der Waals surface area contributed by atoms with Gasteiger partial charge < -0.3 is 16.4 Å². The van der Waals surface area contributed by atoms with Crippen LogP contribution in [0.3, 0.4) is 0 Å². The minimum atomic E-state index is -0.627. The number of carbonyl (C=O) groups is 2. The first-order valence-corrected chi connectivity index (χ1v) is 5.32. The van der Waals surface area contributed by atoms with Crippen LogP contribution < -0.4 is 16.4 Å². The van der Waals surface area contributed by atoms with Crippen molar-refractivity contribution in [2.75, 3.05) is 19.8 Å². The normalized spacial score (nSPS) is 14.6. The summed E-state index contributed by atoms with van der Waals surface area (Å²) in [6.45, 7) is 1.76. The van der Waals surface area contributed by atoms with Crippen molar-refractivity contribution in [1.29, 1.82) is 0 Å². The summed E-state index contributed by atoms with van der Waals surface area (Å²) in [7, 11) is 3.23. The summed E-state index contributed by atoms with van der Waals surface area (Å²) in [6, 6.07) is -0.838. The van der Waals surface area contributed by atoms with Gasteiger partial charge >= 0.3 is 0 Å². The number of carbonyl (C=O) groups excluding carboxylic acids is 2. The Bertz CT molecular complexity index is 211. The van der Waals surface area contributed by atoms with Crippen molar-refractivity contribution in [3.63, 3.8) is 0 Å². The van der Waals surface area contributed by atoms with E-state index in [1.807, 2.05) is 0 Å². The fourth-order valence-electron chi connectivity index (χ4n) is 0.676. The van der Waals surface area contributed by atoms with Gasteiger partial charge in [-0.3, -0.25) is 9.59 Å². The molecule has 0 unspecified atom stereocenters. The summed E-state index contributed by atoms with van der Waals surface area (Å²) in [4.78, 5) is 22.3. The lowest BCUT2D eigenvalue weighted by Gasteiger charge is -2.11. The topological polar surface area (TPSA) is 84.2 Å². The van der Waals surface area contributed by atoms with E-state index < -0.39 is 6.04 Å². The monoisotopic (exact) mass is 219 g/mol. The zero-order valence-corrected chi connectivity index (χ0v) is 9.48. The van der Waals surface area contributed by atoms with Gasteiger partial charge in [-0.25, -0.2) is 0 Å². The third-order valence-corrected chi connectivity index (χ3v) is 2.94. The number of rotatable bonds is 5. The molecule has 6 heteroatoms. The van der Waals surface area contributed by atoms with Gasteiger partial charge in [0, 0.05) is 12.8 Å². The van der Waals surface area contributed by atoms with Gasteiger partial charge in [0.15, 0.2) is 0 Å². The number of hydrogen-bond donors (Lipinski definition) is 3. The zero-order chi connectivity index (χ0) is 11.1. The Kier molecular flexibility index (Phi) is 6.52. The van der Waals surface area contributed by atoms with E-state index in [0.29, 0.717) is 5.75 Å². The van der Waals surface area contributed by atoms with Gasteiger partial charge in [-0.2, -0.15) is 0 Å². The maximum Gasteiger partial charge on any atom is 0.237 e. The van der Waals surface area contributed by atoms with E-state index in [1.54, 1.807) is 14.0 Å². The molecule has 0 saturated carbocycles.